The molecule has 0 saturated carbocycles. The van der Waals surface area contributed by atoms with Gasteiger partial charge in [0.1, 0.15) is 5.82 Å². The molecular weight excluding hydrogens is 249 g/mol. The Labute approximate surface area is 111 Å². The summed E-state index contributed by atoms with van der Waals surface area (Å²) in [7, 11) is 0. The molecule has 2 rings (SSSR count). The van der Waals surface area contributed by atoms with Gasteiger partial charge >= 0.3 is 0 Å². The van der Waals surface area contributed by atoms with Gasteiger partial charge in [-0.25, -0.2) is 9.37 Å². The molecule has 1 heterocycles. The lowest BCUT2D eigenvalue weighted by Crippen LogP contribution is -2.13. The number of aryl methyl sites for hydroxylation is 1. The van der Waals surface area contributed by atoms with E-state index in [1.807, 2.05) is 10.6 Å². The van der Waals surface area contributed by atoms with Gasteiger partial charge in [0.05, 0.1) is 11.0 Å². The minimum atomic E-state index is -0.231. The van der Waals surface area contributed by atoms with Crippen LogP contribution in [0.5, 0.6) is 0 Å². The topological polar surface area (TPSA) is 43.8 Å². The van der Waals surface area contributed by atoms with E-state index < -0.39 is 0 Å². The fourth-order valence-electron chi connectivity index (χ4n) is 2.19. The first kappa shape index (κ1) is 13.2. The van der Waals surface area contributed by atoms with Crippen LogP contribution in [-0.2, 0) is 0 Å². The van der Waals surface area contributed by atoms with Crippen LogP contribution >= 0.6 is 11.8 Å². The Kier molecular flexibility index (Phi) is 3.80. The zero-order valence-electron chi connectivity index (χ0n) is 10.9. The molecule has 2 N–H and O–H groups in total. The summed E-state index contributed by atoms with van der Waals surface area (Å²) in [5.74, 6) is 1.21. The van der Waals surface area contributed by atoms with E-state index in [0.29, 0.717) is 23.1 Å². The van der Waals surface area contributed by atoms with Crippen LogP contribution in [0.4, 0.5) is 10.3 Å². The number of thioether (sulfide) groups is 1. The van der Waals surface area contributed by atoms with Crippen molar-refractivity contribution >= 4 is 28.7 Å². The van der Waals surface area contributed by atoms with Crippen molar-refractivity contribution in [3.63, 3.8) is 0 Å². The molecule has 2 aromatic rings. The molecule has 0 fully saturated rings. The Hall–Kier alpha value is -1.23. The molecule has 1 atom stereocenters. The van der Waals surface area contributed by atoms with E-state index in [4.69, 9.17) is 5.73 Å². The van der Waals surface area contributed by atoms with Crippen molar-refractivity contribution in [2.75, 3.05) is 17.7 Å². The highest BCUT2D eigenvalue weighted by atomic mass is 32.2. The normalized spacial score (nSPS) is 13.1. The highest BCUT2D eigenvalue weighted by Gasteiger charge is 2.17. The zero-order valence-corrected chi connectivity index (χ0v) is 11.7. The number of imidazole rings is 1. The second-order valence-corrected chi connectivity index (χ2v) is 5.36. The maximum Gasteiger partial charge on any atom is 0.201 e. The Morgan fingerprint density at radius 1 is 1.50 bits per heavy atom. The smallest absolute Gasteiger partial charge is 0.201 e. The Morgan fingerprint density at radius 3 is 2.83 bits per heavy atom. The molecule has 0 amide bonds. The molecule has 1 aromatic carbocycles. The van der Waals surface area contributed by atoms with E-state index in [1.54, 1.807) is 18.7 Å². The van der Waals surface area contributed by atoms with Gasteiger partial charge in [-0.3, -0.25) is 0 Å². The highest BCUT2D eigenvalue weighted by Crippen LogP contribution is 2.28. The zero-order chi connectivity index (χ0) is 13.3. The van der Waals surface area contributed by atoms with E-state index in [2.05, 4.69) is 18.2 Å². The molecule has 0 aliphatic rings. The van der Waals surface area contributed by atoms with Crippen molar-refractivity contribution < 1.29 is 4.39 Å². The lowest BCUT2D eigenvalue weighted by molar-refractivity contribution is 0.560. The highest BCUT2D eigenvalue weighted by molar-refractivity contribution is 7.98. The van der Waals surface area contributed by atoms with Crippen LogP contribution in [0.25, 0.3) is 11.0 Å². The quantitative estimate of drug-likeness (QED) is 0.923. The van der Waals surface area contributed by atoms with Gasteiger partial charge < -0.3 is 10.3 Å². The van der Waals surface area contributed by atoms with E-state index in [0.717, 1.165) is 17.7 Å². The van der Waals surface area contributed by atoms with Crippen molar-refractivity contribution in [2.24, 2.45) is 0 Å². The van der Waals surface area contributed by atoms with E-state index in [-0.39, 0.29) is 5.82 Å². The van der Waals surface area contributed by atoms with E-state index in [1.165, 1.54) is 6.07 Å². The number of rotatable bonds is 4. The van der Waals surface area contributed by atoms with Gasteiger partial charge in [0, 0.05) is 17.9 Å². The summed E-state index contributed by atoms with van der Waals surface area (Å²) >= 11 is 1.78. The minimum absolute atomic E-state index is 0.231. The Bertz CT molecular complexity index is 565. The van der Waals surface area contributed by atoms with Gasteiger partial charge in [0.25, 0.3) is 0 Å². The maximum atomic E-state index is 13.5. The molecule has 1 aromatic heterocycles. The van der Waals surface area contributed by atoms with Crippen LogP contribution < -0.4 is 5.73 Å². The van der Waals surface area contributed by atoms with Crippen LogP contribution in [0.3, 0.4) is 0 Å². The molecule has 0 aliphatic carbocycles. The Balaban J connectivity index is 2.62. The number of nitrogens with two attached hydrogens (primary N) is 1. The van der Waals surface area contributed by atoms with Crippen LogP contribution in [0.1, 0.15) is 24.9 Å². The number of anilines is 1. The molecule has 98 valence electrons. The number of hydrogen-bond acceptors (Lipinski definition) is 3. The summed E-state index contributed by atoms with van der Waals surface area (Å²) in [6.45, 7) is 3.89. The first-order chi connectivity index (χ1) is 8.58. The number of nitrogen functional groups attached to an aromatic ring is 1. The summed E-state index contributed by atoms with van der Waals surface area (Å²) in [4.78, 5) is 4.26. The van der Waals surface area contributed by atoms with Gasteiger partial charge in [-0.1, -0.05) is 6.92 Å². The number of aromatic nitrogens is 2. The summed E-state index contributed by atoms with van der Waals surface area (Å²) in [6.07, 6.45) is 3.05. The number of nitrogens with zero attached hydrogens (tertiary/aromatic N) is 2. The third-order valence-corrected chi connectivity index (χ3v) is 3.91. The molecule has 0 aliphatic heterocycles. The van der Waals surface area contributed by atoms with Gasteiger partial charge in [0.2, 0.25) is 5.95 Å². The number of halogens is 1. The van der Waals surface area contributed by atoms with Crippen molar-refractivity contribution in [3.05, 3.63) is 23.5 Å². The number of hydrogen-bond donors (Lipinski definition) is 1. The lowest BCUT2D eigenvalue weighted by atomic mass is 10.2. The van der Waals surface area contributed by atoms with Crippen molar-refractivity contribution in [2.45, 2.75) is 26.3 Å². The molecule has 3 nitrogen and oxygen atoms in total. The van der Waals surface area contributed by atoms with Crippen molar-refractivity contribution in [1.29, 1.82) is 0 Å². The molecule has 0 radical (unpaired) electrons. The second-order valence-electron chi connectivity index (χ2n) is 4.45. The third kappa shape index (κ3) is 2.19. The van der Waals surface area contributed by atoms with Gasteiger partial charge in [-0.15, -0.1) is 0 Å². The summed E-state index contributed by atoms with van der Waals surface area (Å²) in [5.41, 5.74) is 8.17. The predicted octanol–water partition coefficient (Wildman–Crippen LogP) is 3.38. The fraction of sp³-hybridized carbons (Fsp3) is 0.462. The molecule has 1 unspecified atom stereocenters. The standard InChI is InChI=1S/C13H18FN3S/c1-4-9(7-18-3)17-12-5-8(2)10(14)6-11(12)16-13(17)15/h5-6,9H,4,7H2,1-3H3,(H2,15,16). The van der Waals surface area contributed by atoms with E-state index >= 15 is 0 Å². The van der Waals surface area contributed by atoms with Gasteiger partial charge in [0.15, 0.2) is 0 Å². The number of benzene rings is 1. The average Bonchev–Trinajstić information content (AvgIpc) is 2.63. The van der Waals surface area contributed by atoms with Crippen LogP contribution in [-0.4, -0.2) is 21.6 Å². The van der Waals surface area contributed by atoms with Gasteiger partial charge in [-0.2, -0.15) is 11.8 Å². The van der Waals surface area contributed by atoms with Crippen LogP contribution in [0, 0.1) is 12.7 Å². The summed E-state index contributed by atoms with van der Waals surface area (Å²) in [5, 5.41) is 0. The van der Waals surface area contributed by atoms with Crippen molar-refractivity contribution in [3.8, 4) is 0 Å². The van der Waals surface area contributed by atoms with Crippen molar-refractivity contribution in [1.82, 2.24) is 9.55 Å². The predicted molar refractivity (Wildman–Crippen MR) is 76.6 cm³/mol. The maximum absolute atomic E-state index is 13.5. The first-order valence-corrected chi connectivity index (χ1v) is 7.40. The van der Waals surface area contributed by atoms with Crippen LogP contribution in [0.2, 0.25) is 0 Å². The van der Waals surface area contributed by atoms with Gasteiger partial charge in [-0.05, 0) is 31.2 Å². The lowest BCUT2D eigenvalue weighted by Gasteiger charge is -2.18. The van der Waals surface area contributed by atoms with Crippen LogP contribution in [0.15, 0.2) is 12.1 Å². The minimum Gasteiger partial charge on any atom is -0.369 e. The summed E-state index contributed by atoms with van der Waals surface area (Å²) < 4.78 is 15.6. The first-order valence-electron chi connectivity index (χ1n) is 6.01. The van der Waals surface area contributed by atoms with E-state index in [9.17, 15) is 4.39 Å². The largest absolute Gasteiger partial charge is 0.369 e. The molecule has 18 heavy (non-hydrogen) atoms. The monoisotopic (exact) mass is 267 g/mol. The molecular formula is C13H18FN3S. The average molecular weight is 267 g/mol. The second kappa shape index (κ2) is 5.18. The molecule has 5 heteroatoms. The fourth-order valence-corrected chi connectivity index (χ4v) is 2.96. The summed E-state index contributed by atoms with van der Waals surface area (Å²) in [6, 6.07) is 3.59. The third-order valence-electron chi connectivity index (χ3n) is 3.19. The molecule has 0 saturated heterocycles. The Morgan fingerprint density at radius 2 is 2.22 bits per heavy atom. The molecule has 0 bridgehead atoms. The SMILES string of the molecule is CCC(CSC)n1c(N)nc2cc(F)c(C)cc21. The number of fused-ring (bicyclic) bond motifs is 1. The molecule has 0 spiro atoms.